The molecule has 3 amide bonds. The number of benzene rings is 2. The molecule has 3 aliphatic heterocycles. The molecule has 0 bridgehead atoms. The Hall–Kier alpha value is -3.95. The van der Waals surface area contributed by atoms with Crippen LogP contribution < -0.4 is 9.47 Å². The lowest BCUT2D eigenvalue weighted by molar-refractivity contribution is 0.00180. The predicted octanol–water partition coefficient (Wildman–Crippen LogP) is 6.84. The highest BCUT2D eigenvalue weighted by Gasteiger charge is 2.39. The van der Waals surface area contributed by atoms with Crippen LogP contribution in [0, 0.1) is 5.41 Å². The highest BCUT2D eigenvalue weighted by molar-refractivity contribution is 5.71. The first-order valence-corrected chi connectivity index (χ1v) is 16.2. The Labute approximate surface area is 259 Å². The maximum atomic E-state index is 12.8. The van der Waals surface area contributed by atoms with E-state index in [2.05, 4.69) is 0 Å². The second-order valence-corrected chi connectivity index (χ2v) is 12.6. The minimum atomic E-state index is -0.425. The largest absolute Gasteiger partial charge is 0.457 e. The summed E-state index contributed by atoms with van der Waals surface area (Å²) in [7, 11) is 0. The summed E-state index contributed by atoms with van der Waals surface area (Å²) in [5, 5.41) is 0. The van der Waals surface area contributed by atoms with Crippen LogP contribution in [-0.4, -0.2) is 84.5 Å². The van der Waals surface area contributed by atoms with Gasteiger partial charge in [0.25, 0.3) is 0 Å². The number of amides is 3. The fourth-order valence-corrected chi connectivity index (χ4v) is 6.90. The number of ether oxygens (including phenoxy) is 4. The minimum Gasteiger partial charge on any atom is -0.457 e. The molecule has 3 heterocycles. The zero-order valence-electron chi connectivity index (χ0n) is 25.4. The van der Waals surface area contributed by atoms with Crippen molar-refractivity contribution in [2.45, 2.75) is 76.4 Å². The van der Waals surface area contributed by atoms with Crippen molar-refractivity contribution in [3.05, 3.63) is 54.6 Å². The van der Waals surface area contributed by atoms with Crippen LogP contribution >= 0.6 is 0 Å². The van der Waals surface area contributed by atoms with Gasteiger partial charge in [0.2, 0.25) is 0 Å². The summed E-state index contributed by atoms with van der Waals surface area (Å²) in [5.74, 6) is 1.82. The molecule has 0 N–H and O–H groups in total. The smallest absolute Gasteiger partial charge is 0.415 e. The molecule has 0 aromatic heterocycles. The molecule has 44 heavy (non-hydrogen) atoms. The van der Waals surface area contributed by atoms with Crippen LogP contribution in [-0.2, 0) is 9.47 Å². The van der Waals surface area contributed by atoms with E-state index in [9.17, 15) is 14.4 Å². The molecule has 3 saturated heterocycles. The molecular formula is C34H43N3O7. The van der Waals surface area contributed by atoms with Gasteiger partial charge in [-0.2, -0.15) is 0 Å². The van der Waals surface area contributed by atoms with Gasteiger partial charge in [-0.05, 0) is 67.5 Å². The molecule has 0 atom stereocenters. The first kappa shape index (κ1) is 30.1. The molecule has 0 unspecified atom stereocenters. The Bertz CT molecular complexity index is 1260. The molecule has 2 aromatic carbocycles. The van der Waals surface area contributed by atoms with E-state index < -0.39 is 6.09 Å². The third kappa shape index (κ3) is 7.57. The number of hydrogen-bond acceptors (Lipinski definition) is 7. The summed E-state index contributed by atoms with van der Waals surface area (Å²) >= 11 is 0. The monoisotopic (exact) mass is 605 g/mol. The number of rotatable bonds is 5. The first-order valence-electron chi connectivity index (χ1n) is 16.2. The molecule has 2 aromatic rings. The predicted molar refractivity (Wildman–Crippen MR) is 163 cm³/mol. The normalized spacial score (nSPS) is 20.8. The Morgan fingerprint density at radius 3 is 1.55 bits per heavy atom. The zero-order valence-corrected chi connectivity index (χ0v) is 25.4. The fraction of sp³-hybridized carbons (Fsp3) is 0.559. The summed E-state index contributed by atoms with van der Waals surface area (Å²) in [6.07, 6.45) is 8.36. The lowest BCUT2D eigenvalue weighted by Gasteiger charge is -2.40. The molecule has 10 heteroatoms. The number of carbonyl (C=O) groups excluding carboxylic acids is 3. The van der Waals surface area contributed by atoms with Crippen molar-refractivity contribution in [2.24, 2.45) is 5.41 Å². The van der Waals surface area contributed by atoms with Crippen LogP contribution in [0.3, 0.4) is 0 Å². The van der Waals surface area contributed by atoms with Gasteiger partial charge >= 0.3 is 18.3 Å². The highest BCUT2D eigenvalue weighted by Crippen LogP contribution is 2.46. The molecule has 6 rings (SSSR count). The van der Waals surface area contributed by atoms with Gasteiger partial charge in [0, 0.05) is 65.0 Å². The molecule has 1 saturated carbocycles. The lowest BCUT2D eigenvalue weighted by Crippen LogP contribution is -2.47. The number of carbonyl (C=O) groups is 3. The SMILES string of the molecule is O=C(Oc1ccc(Oc2ccccc2)cc1)N1CCC(OC(=O)N2CCC(OC(=O)N3CCC4(CCCC4)CC3)CC2)CC1. The van der Waals surface area contributed by atoms with Crippen molar-refractivity contribution in [1.82, 2.24) is 14.7 Å². The van der Waals surface area contributed by atoms with Crippen LogP contribution in [0.1, 0.15) is 64.2 Å². The van der Waals surface area contributed by atoms with Crippen molar-refractivity contribution in [3.8, 4) is 17.2 Å². The van der Waals surface area contributed by atoms with E-state index in [0.717, 1.165) is 31.7 Å². The van der Waals surface area contributed by atoms with Crippen LogP contribution in [0.4, 0.5) is 14.4 Å². The first-order chi connectivity index (χ1) is 21.4. The van der Waals surface area contributed by atoms with E-state index in [1.807, 2.05) is 35.2 Å². The van der Waals surface area contributed by atoms with Crippen LogP contribution in [0.25, 0.3) is 0 Å². The summed E-state index contributed by atoms with van der Waals surface area (Å²) in [6.45, 7) is 3.47. The molecule has 4 aliphatic rings. The van der Waals surface area contributed by atoms with Crippen LogP contribution in [0.2, 0.25) is 0 Å². The molecule has 4 fully saturated rings. The number of nitrogens with zero attached hydrogens (tertiary/aromatic N) is 3. The summed E-state index contributed by atoms with van der Waals surface area (Å²) in [4.78, 5) is 43.5. The van der Waals surface area contributed by atoms with Crippen LogP contribution in [0.5, 0.6) is 17.2 Å². The van der Waals surface area contributed by atoms with Crippen molar-refractivity contribution in [1.29, 1.82) is 0 Å². The van der Waals surface area contributed by atoms with Crippen molar-refractivity contribution in [2.75, 3.05) is 39.3 Å². The third-order valence-electron chi connectivity index (χ3n) is 9.69. The maximum Gasteiger partial charge on any atom is 0.415 e. The summed E-state index contributed by atoms with van der Waals surface area (Å²) in [6, 6.07) is 16.4. The van der Waals surface area contributed by atoms with Gasteiger partial charge < -0.3 is 33.6 Å². The average molecular weight is 606 g/mol. The van der Waals surface area contributed by atoms with Gasteiger partial charge in [-0.1, -0.05) is 31.0 Å². The second-order valence-electron chi connectivity index (χ2n) is 12.6. The Morgan fingerprint density at radius 2 is 1.00 bits per heavy atom. The van der Waals surface area contributed by atoms with Crippen molar-refractivity contribution in [3.63, 3.8) is 0 Å². The molecule has 236 valence electrons. The quantitative estimate of drug-likeness (QED) is 0.368. The topological polar surface area (TPSA) is 97.8 Å². The van der Waals surface area contributed by atoms with Gasteiger partial charge in [-0.15, -0.1) is 0 Å². The molecule has 1 aliphatic carbocycles. The number of piperidine rings is 3. The van der Waals surface area contributed by atoms with Gasteiger partial charge in [0.05, 0.1) is 0 Å². The van der Waals surface area contributed by atoms with Crippen LogP contribution in [0.15, 0.2) is 54.6 Å². The van der Waals surface area contributed by atoms with Gasteiger partial charge in [0.1, 0.15) is 29.5 Å². The molecular weight excluding hydrogens is 562 g/mol. The summed E-state index contributed by atoms with van der Waals surface area (Å²) < 4.78 is 22.9. The third-order valence-corrected chi connectivity index (χ3v) is 9.69. The van der Waals surface area contributed by atoms with Crippen molar-refractivity contribution < 1.29 is 33.3 Å². The molecule has 0 radical (unpaired) electrons. The Morgan fingerprint density at radius 1 is 0.545 bits per heavy atom. The average Bonchev–Trinajstić information content (AvgIpc) is 3.51. The minimum absolute atomic E-state index is 0.171. The number of likely N-dealkylation sites (tertiary alicyclic amines) is 3. The number of para-hydroxylation sites is 1. The second kappa shape index (κ2) is 13.8. The maximum absolute atomic E-state index is 12.8. The van der Waals surface area contributed by atoms with E-state index in [-0.39, 0.29) is 24.4 Å². The van der Waals surface area contributed by atoms with E-state index in [4.69, 9.17) is 18.9 Å². The standard InChI is InChI=1S/C34H43N3O7/c38-31(42-28-10-8-27(9-11-28)41-26-6-2-1-3-7-26)35-20-12-29(13-21-35)43-32(39)36-22-14-30(15-23-36)44-33(40)37-24-18-34(19-25-37)16-4-5-17-34/h1-3,6-11,29-30H,4-5,12-25H2. The van der Waals surface area contributed by atoms with E-state index in [1.165, 1.54) is 25.7 Å². The highest BCUT2D eigenvalue weighted by atomic mass is 16.6. The molecule has 10 nitrogen and oxygen atoms in total. The Kier molecular flexibility index (Phi) is 9.43. The van der Waals surface area contributed by atoms with Crippen molar-refractivity contribution >= 4 is 18.3 Å². The fourth-order valence-electron chi connectivity index (χ4n) is 6.90. The molecule has 1 spiro atoms. The van der Waals surface area contributed by atoms with Gasteiger partial charge in [0.15, 0.2) is 0 Å². The van der Waals surface area contributed by atoms with E-state index in [1.54, 1.807) is 34.1 Å². The lowest BCUT2D eigenvalue weighted by atomic mass is 9.77. The van der Waals surface area contributed by atoms with E-state index in [0.29, 0.717) is 68.8 Å². The Balaban J connectivity index is 0.865. The van der Waals surface area contributed by atoms with Gasteiger partial charge in [-0.25, -0.2) is 14.4 Å². The van der Waals surface area contributed by atoms with Gasteiger partial charge in [-0.3, -0.25) is 0 Å². The zero-order chi connectivity index (χ0) is 30.4. The number of hydrogen-bond donors (Lipinski definition) is 0. The summed E-state index contributed by atoms with van der Waals surface area (Å²) in [5.41, 5.74) is 0.467. The van der Waals surface area contributed by atoms with E-state index >= 15 is 0 Å².